The van der Waals surface area contributed by atoms with Crippen molar-refractivity contribution in [2.75, 3.05) is 39.6 Å². The number of hydrogen-bond acceptors (Lipinski definition) is 15. The zero-order chi connectivity index (χ0) is 67.5. The largest absolute Gasteiger partial charge is 0.472 e. The van der Waals surface area contributed by atoms with Crippen molar-refractivity contribution < 1.29 is 80.2 Å². The minimum atomic E-state index is -4.98. The molecule has 92 heavy (non-hydrogen) atoms. The Labute approximate surface area is 557 Å². The molecule has 0 aromatic heterocycles. The van der Waals surface area contributed by atoms with Crippen LogP contribution in [-0.4, -0.2) is 96.7 Å². The van der Waals surface area contributed by atoms with Crippen molar-refractivity contribution in [1.29, 1.82) is 0 Å². The van der Waals surface area contributed by atoms with Gasteiger partial charge in [-0.2, -0.15) is 0 Å². The highest BCUT2D eigenvalue weighted by atomic mass is 31.2. The number of ether oxygens (including phenoxy) is 4. The third-order valence-corrected chi connectivity index (χ3v) is 16.4. The lowest BCUT2D eigenvalue weighted by Gasteiger charge is -2.21. The van der Waals surface area contributed by atoms with Crippen molar-refractivity contribution >= 4 is 39.5 Å². The van der Waals surface area contributed by atoms with Crippen molar-refractivity contribution in [2.24, 2.45) is 0 Å². The number of allylic oxidation sites excluding steroid dienone is 16. The number of rotatable bonds is 66. The number of aliphatic hydroxyl groups is 1. The molecule has 0 bridgehead atoms. The van der Waals surface area contributed by atoms with Gasteiger partial charge in [0.2, 0.25) is 0 Å². The molecule has 0 rings (SSSR count). The molecule has 0 saturated carbocycles. The molecular weight excluding hydrogens is 1210 g/mol. The van der Waals surface area contributed by atoms with E-state index in [0.717, 1.165) is 148 Å². The Morgan fingerprint density at radius 1 is 0.315 bits per heavy atom. The van der Waals surface area contributed by atoms with Crippen LogP contribution in [0.5, 0.6) is 0 Å². The fourth-order valence-corrected chi connectivity index (χ4v) is 10.7. The van der Waals surface area contributed by atoms with Crippen molar-refractivity contribution in [2.45, 2.75) is 303 Å². The number of phosphoric ester groups is 2. The maximum Gasteiger partial charge on any atom is 0.472 e. The first-order valence-corrected chi connectivity index (χ1v) is 38.5. The van der Waals surface area contributed by atoms with Gasteiger partial charge in [0.05, 0.1) is 26.4 Å². The maximum atomic E-state index is 13.0. The molecule has 0 amide bonds. The van der Waals surface area contributed by atoms with Crippen LogP contribution in [0.2, 0.25) is 0 Å². The van der Waals surface area contributed by atoms with Crippen LogP contribution < -0.4 is 0 Å². The highest BCUT2D eigenvalue weighted by Crippen LogP contribution is 2.45. The van der Waals surface area contributed by atoms with Gasteiger partial charge in [-0.05, 0) is 109 Å². The summed E-state index contributed by atoms with van der Waals surface area (Å²) in [6.07, 6.45) is 65.8. The lowest BCUT2D eigenvalue weighted by molar-refractivity contribution is -0.161. The number of carbonyl (C=O) groups is 4. The van der Waals surface area contributed by atoms with E-state index in [1.54, 1.807) is 0 Å². The topological polar surface area (TPSA) is 237 Å². The lowest BCUT2D eigenvalue weighted by atomic mass is 10.1. The molecule has 0 aromatic carbocycles. The highest BCUT2D eigenvalue weighted by Gasteiger charge is 2.30. The van der Waals surface area contributed by atoms with E-state index < -0.39 is 97.5 Å². The Morgan fingerprint density at radius 2 is 0.609 bits per heavy atom. The average Bonchev–Trinajstić information content (AvgIpc) is 2.31. The minimum Gasteiger partial charge on any atom is -0.462 e. The molecule has 5 unspecified atom stereocenters. The standard InChI is InChI=1S/C73H126O17P2/c1-5-9-13-17-21-25-29-31-32-33-34-36-40-42-46-50-54-58-71(76)84-64-69(90-73(78)60-56-52-48-44-38-28-24-20-16-12-8-4)66-88-92(81,82)86-62-67(74)61-85-91(79,80)87-65-68(89-72(77)59-55-51-47-43-37-27-23-19-15-11-7-3)63-83-70(75)57-53-49-45-41-39-35-30-26-22-18-14-10-6-2/h9,13-14,18-19,21,23,25-26,30-32,34,36,42,46,67-69,74H,5-8,10-12,15-17,20,22,24,27-29,33,35,37-41,43-45,47-66H2,1-4H3,(H,79,80)(H,81,82)/b13-9-,18-14-,23-19-,25-21-,30-26-,32-31-,36-34-,46-42-. The fourth-order valence-electron chi connectivity index (χ4n) is 9.10. The smallest absolute Gasteiger partial charge is 0.462 e. The first-order valence-electron chi connectivity index (χ1n) is 35.5. The van der Waals surface area contributed by atoms with Crippen molar-refractivity contribution in [3.8, 4) is 0 Å². The summed E-state index contributed by atoms with van der Waals surface area (Å²) in [7, 11) is -9.95. The summed E-state index contributed by atoms with van der Waals surface area (Å²) in [6, 6.07) is 0. The number of unbranched alkanes of at least 4 members (excludes halogenated alkanes) is 24. The van der Waals surface area contributed by atoms with E-state index in [4.69, 9.17) is 37.0 Å². The van der Waals surface area contributed by atoms with Crippen LogP contribution >= 0.6 is 15.6 Å². The molecule has 530 valence electrons. The number of aliphatic hydroxyl groups excluding tert-OH is 1. The number of phosphoric acid groups is 2. The quantitative estimate of drug-likeness (QED) is 0.0169. The van der Waals surface area contributed by atoms with Gasteiger partial charge in [-0.15, -0.1) is 0 Å². The molecule has 0 aliphatic rings. The summed E-state index contributed by atoms with van der Waals surface area (Å²) in [5.41, 5.74) is 0. The summed E-state index contributed by atoms with van der Waals surface area (Å²) >= 11 is 0. The van der Waals surface area contributed by atoms with Crippen LogP contribution in [0.1, 0.15) is 285 Å². The van der Waals surface area contributed by atoms with Crippen LogP contribution in [0.4, 0.5) is 0 Å². The van der Waals surface area contributed by atoms with Crippen molar-refractivity contribution in [3.63, 3.8) is 0 Å². The zero-order valence-electron chi connectivity index (χ0n) is 57.4. The van der Waals surface area contributed by atoms with E-state index in [1.165, 1.54) is 51.4 Å². The fraction of sp³-hybridized carbons (Fsp3) is 0.726. The van der Waals surface area contributed by atoms with Crippen LogP contribution in [0, 0.1) is 0 Å². The molecule has 0 fully saturated rings. The SMILES string of the molecule is CC/C=C\C/C=C\C/C=C\C/C=C\C/C=C\CCCC(=O)OCC(COP(=O)(O)OCC(O)COP(=O)(O)OCC(COC(=O)CCCCCCC/C=C\C/C=C\CCC)OC(=O)CCCCCCC/C=C\CCCC)OC(=O)CCCCCCCCCCCCC. The first-order chi connectivity index (χ1) is 44.7. The Bertz CT molecular complexity index is 2130. The Kier molecular flexibility index (Phi) is 62.8. The summed E-state index contributed by atoms with van der Waals surface area (Å²) in [4.78, 5) is 72.5. The van der Waals surface area contributed by atoms with Gasteiger partial charge < -0.3 is 33.8 Å². The molecular formula is C73H126O17P2. The van der Waals surface area contributed by atoms with E-state index in [1.807, 2.05) is 12.2 Å². The van der Waals surface area contributed by atoms with Gasteiger partial charge >= 0.3 is 39.5 Å². The van der Waals surface area contributed by atoms with E-state index in [2.05, 4.69) is 113 Å². The molecule has 5 atom stereocenters. The van der Waals surface area contributed by atoms with E-state index in [-0.39, 0.29) is 25.7 Å². The van der Waals surface area contributed by atoms with Crippen LogP contribution in [0.15, 0.2) is 97.2 Å². The number of hydrogen-bond donors (Lipinski definition) is 3. The second-order valence-corrected chi connectivity index (χ2v) is 26.4. The van der Waals surface area contributed by atoms with Crippen LogP contribution in [0.3, 0.4) is 0 Å². The minimum absolute atomic E-state index is 0.0806. The third kappa shape index (κ3) is 64.7. The molecule has 0 radical (unpaired) electrons. The molecule has 3 N–H and O–H groups in total. The van der Waals surface area contributed by atoms with E-state index in [9.17, 15) is 43.2 Å². The van der Waals surface area contributed by atoms with Crippen molar-refractivity contribution in [3.05, 3.63) is 97.2 Å². The average molecular weight is 1340 g/mol. The van der Waals surface area contributed by atoms with Gasteiger partial charge in [0.1, 0.15) is 19.3 Å². The van der Waals surface area contributed by atoms with Gasteiger partial charge in [-0.25, -0.2) is 9.13 Å². The normalized spacial score (nSPS) is 14.6. The van der Waals surface area contributed by atoms with Gasteiger partial charge in [0, 0.05) is 25.7 Å². The highest BCUT2D eigenvalue weighted by molar-refractivity contribution is 7.47. The number of carbonyl (C=O) groups excluding carboxylic acids is 4. The van der Waals surface area contributed by atoms with Crippen LogP contribution in [-0.2, 0) is 65.4 Å². The third-order valence-electron chi connectivity index (χ3n) is 14.5. The molecule has 0 heterocycles. The monoisotopic (exact) mass is 1340 g/mol. The molecule has 0 saturated heterocycles. The molecule has 0 aliphatic carbocycles. The van der Waals surface area contributed by atoms with E-state index in [0.29, 0.717) is 32.1 Å². The van der Waals surface area contributed by atoms with Gasteiger partial charge in [0.15, 0.2) is 12.2 Å². The van der Waals surface area contributed by atoms with Gasteiger partial charge in [0.25, 0.3) is 0 Å². The lowest BCUT2D eigenvalue weighted by Crippen LogP contribution is -2.30. The maximum absolute atomic E-state index is 13.0. The zero-order valence-corrected chi connectivity index (χ0v) is 59.2. The molecule has 0 aliphatic heterocycles. The van der Waals surface area contributed by atoms with Crippen LogP contribution in [0.25, 0.3) is 0 Å². The number of esters is 4. The second-order valence-electron chi connectivity index (χ2n) is 23.4. The molecule has 0 spiro atoms. The van der Waals surface area contributed by atoms with Gasteiger partial charge in [-0.3, -0.25) is 37.3 Å². The Hall–Kier alpha value is -4.02. The molecule has 0 aromatic rings. The summed E-state index contributed by atoms with van der Waals surface area (Å²) in [5, 5.41) is 10.6. The Morgan fingerprint density at radius 3 is 1.00 bits per heavy atom. The summed E-state index contributed by atoms with van der Waals surface area (Å²) in [6.45, 7) is 4.54. The first kappa shape index (κ1) is 88.0. The van der Waals surface area contributed by atoms with Crippen molar-refractivity contribution in [1.82, 2.24) is 0 Å². The van der Waals surface area contributed by atoms with Gasteiger partial charge in [-0.1, -0.05) is 247 Å². The summed E-state index contributed by atoms with van der Waals surface area (Å²) in [5.74, 6) is -2.26. The molecule has 17 nitrogen and oxygen atoms in total. The predicted molar refractivity (Wildman–Crippen MR) is 372 cm³/mol. The van der Waals surface area contributed by atoms with E-state index >= 15 is 0 Å². The summed E-state index contributed by atoms with van der Waals surface area (Å²) < 4.78 is 68.1. The second kappa shape index (κ2) is 65.6. The predicted octanol–water partition coefficient (Wildman–Crippen LogP) is 19.7. The Balaban J connectivity index is 5.35. The molecule has 19 heteroatoms.